The van der Waals surface area contributed by atoms with Crippen molar-refractivity contribution in [2.24, 2.45) is 5.73 Å². The number of anilines is 1. The zero-order chi connectivity index (χ0) is 13.9. The van der Waals surface area contributed by atoms with Gasteiger partial charge in [-0.15, -0.1) is 0 Å². The van der Waals surface area contributed by atoms with Gasteiger partial charge in [-0.1, -0.05) is 23.7 Å². The van der Waals surface area contributed by atoms with E-state index in [0.717, 1.165) is 43.1 Å². The van der Waals surface area contributed by atoms with Crippen molar-refractivity contribution in [1.29, 1.82) is 0 Å². The normalized spacial score (nSPS) is 19.1. The molecule has 0 aliphatic carbocycles. The Labute approximate surface area is 123 Å². The molecule has 0 amide bonds. The van der Waals surface area contributed by atoms with Crippen LogP contribution in [-0.4, -0.2) is 29.1 Å². The first-order chi connectivity index (χ1) is 9.72. The van der Waals surface area contributed by atoms with E-state index in [0.29, 0.717) is 5.02 Å². The van der Waals surface area contributed by atoms with Crippen LogP contribution in [0.25, 0.3) is 11.3 Å². The molecule has 0 radical (unpaired) electrons. The van der Waals surface area contributed by atoms with Crippen LogP contribution in [0.15, 0.2) is 36.5 Å². The molecule has 5 heteroatoms. The van der Waals surface area contributed by atoms with Crippen molar-refractivity contribution in [2.45, 2.75) is 18.9 Å². The van der Waals surface area contributed by atoms with Gasteiger partial charge in [0.1, 0.15) is 0 Å². The summed E-state index contributed by atoms with van der Waals surface area (Å²) in [5.41, 5.74) is 7.90. The number of piperidine rings is 1. The predicted octanol–water partition coefficient (Wildman–Crippen LogP) is 2.72. The minimum Gasteiger partial charge on any atom is -0.339 e. The summed E-state index contributed by atoms with van der Waals surface area (Å²) in [6, 6.07) is 9.81. The predicted molar refractivity (Wildman–Crippen MR) is 81.9 cm³/mol. The average molecular weight is 289 g/mol. The highest BCUT2D eigenvalue weighted by molar-refractivity contribution is 6.30. The summed E-state index contributed by atoms with van der Waals surface area (Å²) in [5, 5.41) is 0.711. The van der Waals surface area contributed by atoms with E-state index in [1.807, 2.05) is 30.3 Å². The number of nitrogens with zero attached hydrogens (tertiary/aromatic N) is 3. The lowest BCUT2D eigenvalue weighted by atomic mass is 10.1. The van der Waals surface area contributed by atoms with Crippen molar-refractivity contribution in [1.82, 2.24) is 9.97 Å². The third kappa shape index (κ3) is 2.92. The molecule has 104 valence electrons. The number of rotatable bonds is 2. The third-order valence-electron chi connectivity index (χ3n) is 3.50. The van der Waals surface area contributed by atoms with Crippen LogP contribution in [0, 0.1) is 0 Å². The molecule has 0 bridgehead atoms. The quantitative estimate of drug-likeness (QED) is 0.923. The van der Waals surface area contributed by atoms with E-state index in [-0.39, 0.29) is 6.04 Å². The molecular formula is C15H17ClN4. The van der Waals surface area contributed by atoms with E-state index >= 15 is 0 Å². The summed E-state index contributed by atoms with van der Waals surface area (Å²) >= 11 is 6.03. The average Bonchev–Trinajstić information content (AvgIpc) is 2.47. The fraction of sp³-hybridized carbons (Fsp3) is 0.333. The molecule has 4 nitrogen and oxygen atoms in total. The summed E-state index contributed by atoms with van der Waals surface area (Å²) < 4.78 is 0. The Bertz CT molecular complexity index is 602. The molecular weight excluding hydrogens is 272 g/mol. The molecule has 1 aliphatic rings. The minimum atomic E-state index is 0.210. The van der Waals surface area contributed by atoms with E-state index in [1.165, 1.54) is 0 Å². The molecule has 1 atom stereocenters. The molecule has 1 fully saturated rings. The Morgan fingerprint density at radius 3 is 3.00 bits per heavy atom. The summed E-state index contributed by atoms with van der Waals surface area (Å²) in [7, 11) is 0. The van der Waals surface area contributed by atoms with Crippen molar-refractivity contribution in [3.05, 3.63) is 41.6 Å². The molecule has 1 aromatic heterocycles. The monoisotopic (exact) mass is 288 g/mol. The largest absolute Gasteiger partial charge is 0.339 e. The second-order valence-electron chi connectivity index (χ2n) is 5.10. The van der Waals surface area contributed by atoms with Crippen LogP contribution in [-0.2, 0) is 0 Å². The maximum absolute atomic E-state index is 6.03. The van der Waals surface area contributed by atoms with Gasteiger partial charge in [0.15, 0.2) is 0 Å². The van der Waals surface area contributed by atoms with Gasteiger partial charge in [-0.3, -0.25) is 0 Å². The Balaban J connectivity index is 1.89. The van der Waals surface area contributed by atoms with Crippen LogP contribution < -0.4 is 10.6 Å². The van der Waals surface area contributed by atoms with E-state index < -0.39 is 0 Å². The minimum absolute atomic E-state index is 0.210. The third-order valence-corrected chi connectivity index (χ3v) is 3.74. The number of hydrogen-bond donors (Lipinski definition) is 1. The van der Waals surface area contributed by atoms with E-state index in [4.69, 9.17) is 17.3 Å². The van der Waals surface area contributed by atoms with Crippen LogP contribution in [0.5, 0.6) is 0 Å². The molecule has 1 aliphatic heterocycles. The lowest BCUT2D eigenvalue weighted by molar-refractivity contribution is 0.500. The number of halogens is 1. The first-order valence-electron chi connectivity index (χ1n) is 6.82. The molecule has 1 unspecified atom stereocenters. The van der Waals surface area contributed by atoms with Gasteiger partial charge in [0.2, 0.25) is 5.95 Å². The topological polar surface area (TPSA) is 55.0 Å². The molecule has 3 rings (SSSR count). The maximum Gasteiger partial charge on any atom is 0.225 e. The summed E-state index contributed by atoms with van der Waals surface area (Å²) in [4.78, 5) is 11.2. The summed E-state index contributed by atoms with van der Waals surface area (Å²) in [5.74, 6) is 0.748. The molecule has 2 N–H and O–H groups in total. The molecule has 2 aromatic rings. The van der Waals surface area contributed by atoms with Gasteiger partial charge in [-0.25, -0.2) is 9.97 Å². The lowest BCUT2D eigenvalue weighted by Gasteiger charge is -2.30. The second-order valence-corrected chi connectivity index (χ2v) is 5.54. The first-order valence-corrected chi connectivity index (χ1v) is 7.20. The highest BCUT2D eigenvalue weighted by Gasteiger charge is 2.19. The van der Waals surface area contributed by atoms with Crippen molar-refractivity contribution in [2.75, 3.05) is 18.0 Å². The van der Waals surface area contributed by atoms with Crippen molar-refractivity contribution >= 4 is 17.5 Å². The van der Waals surface area contributed by atoms with Crippen LogP contribution >= 0.6 is 11.6 Å². The van der Waals surface area contributed by atoms with E-state index in [9.17, 15) is 0 Å². The highest BCUT2D eigenvalue weighted by Crippen LogP contribution is 2.23. The Morgan fingerprint density at radius 1 is 1.30 bits per heavy atom. The second kappa shape index (κ2) is 5.77. The Morgan fingerprint density at radius 2 is 2.20 bits per heavy atom. The molecule has 0 spiro atoms. The summed E-state index contributed by atoms with van der Waals surface area (Å²) in [6.45, 7) is 1.78. The smallest absolute Gasteiger partial charge is 0.225 e. The van der Waals surface area contributed by atoms with Crippen molar-refractivity contribution < 1.29 is 0 Å². The fourth-order valence-corrected chi connectivity index (χ4v) is 2.69. The number of nitrogens with two attached hydrogens (primary N) is 1. The van der Waals surface area contributed by atoms with Gasteiger partial charge in [0, 0.05) is 35.9 Å². The van der Waals surface area contributed by atoms with Gasteiger partial charge in [0.05, 0.1) is 5.69 Å². The lowest BCUT2D eigenvalue weighted by Crippen LogP contribution is -2.43. The molecule has 20 heavy (non-hydrogen) atoms. The van der Waals surface area contributed by atoms with Crippen LogP contribution in [0.3, 0.4) is 0 Å². The van der Waals surface area contributed by atoms with Crippen LogP contribution in [0.2, 0.25) is 5.02 Å². The maximum atomic E-state index is 6.03. The number of hydrogen-bond acceptors (Lipinski definition) is 4. The number of benzene rings is 1. The van der Waals surface area contributed by atoms with Gasteiger partial charge in [-0.05, 0) is 31.0 Å². The van der Waals surface area contributed by atoms with Crippen molar-refractivity contribution in [3.8, 4) is 11.3 Å². The number of aromatic nitrogens is 2. The van der Waals surface area contributed by atoms with Crippen molar-refractivity contribution in [3.63, 3.8) is 0 Å². The van der Waals surface area contributed by atoms with E-state index in [1.54, 1.807) is 6.20 Å². The molecule has 2 heterocycles. The zero-order valence-corrected chi connectivity index (χ0v) is 11.9. The fourth-order valence-electron chi connectivity index (χ4n) is 2.50. The van der Waals surface area contributed by atoms with Crippen LogP contribution in [0.4, 0.5) is 5.95 Å². The van der Waals surface area contributed by atoms with Gasteiger partial charge < -0.3 is 10.6 Å². The Hall–Kier alpha value is -1.65. The van der Waals surface area contributed by atoms with Gasteiger partial charge >= 0.3 is 0 Å². The molecule has 1 aromatic carbocycles. The highest BCUT2D eigenvalue weighted by atomic mass is 35.5. The zero-order valence-electron chi connectivity index (χ0n) is 11.2. The standard InChI is InChI=1S/C15H17ClN4/c16-12-4-1-3-11(9-12)14-6-7-18-15(19-14)20-8-2-5-13(17)10-20/h1,3-4,6-7,9,13H,2,5,8,10,17H2. The van der Waals surface area contributed by atoms with E-state index in [2.05, 4.69) is 14.9 Å². The first kappa shape index (κ1) is 13.3. The Kier molecular flexibility index (Phi) is 3.85. The molecule has 1 saturated heterocycles. The SMILES string of the molecule is NC1CCCN(c2nccc(-c3cccc(Cl)c3)n2)C1. The van der Waals surface area contributed by atoms with Gasteiger partial charge in [0.25, 0.3) is 0 Å². The van der Waals surface area contributed by atoms with Gasteiger partial charge in [-0.2, -0.15) is 0 Å². The van der Waals surface area contributed by atoms with Crippen LogP contribution in [0.1, 0.15) is 12.8 Å². The molecule has 0 saturated carbocycles. The summed E-state index contributed by atoms with van der Waals surface area (Å²) in [6.07, 6.45) is 3.95.